The van der Waals surface area contributed by atoms with Gasteiger partial charge in [-0.3, -0.25) is 0 Å². The van der Waals surface area contributed by atoms with Crippen LogP contribution in [-0.4, -0.2) is 51.6 Å². The number of unbranched alkanes of at least 4 members (excludes halogenated alkanes) is 9. The van der Waals surface area contributed by atoms with Crippen molar-refractivity contribution in [2.24, 2.45) is 0 Å². The molecule has 40 heavy (non-hydrogen) atoms. The SMILES string of the molecule is CCCCCCCCCCCCC(I)CC(F)(F)C(F)(F)C(F)(F)C(F)(F)C(F)(F)C(F)(F)C(F)(F)C(F)(F)F. The zero-order valence-electron chi connectivity index (χ0n) is 20.9. The van der Waals surface area contributed by atoms with Crippen LogP contribution in [0.5, 0.6) is 0 Å². The molecule has 0 radical (unpaired) electrons. The Balaban J connectivity index is 5.51. The van der Waals surface area contributed by atoms with Crippen LogP contribution in [0.15, 0.2) is 0 Å². The van der Waals surface area contributed by atoms with Crippen LogP contribution in [0.2, 0.25) is 0 Å². The van der Waals surface area contributed by atoms with Gasteiger partial charge in [0.05, 0.1) is 0 Å². The first-order valence-corrected chi connectivity index (χ1v) is 13.3. The lowest BCUT2D eigenvalue weighted by Crippen LogP contribution is -2.74. The highest BCUT2D eigenvalue weighted by Crippen LogP contribution is 2.64. The fraction of sp³-hybridized carbons (Fsp3) is 1.00. The standard InChI is InChI=1S/C22H28F17I/c1-2-3-4-5-6-7-8-9-10-11-12-14(40)13-15(23,24)16(25,26)17(27,28)18(29,30)19(31,32)20(33,34)21(35,36)22(37,38)39/h14H,2-13H2,1H3. The second-order valence-corrected chi connectivity index (χ2v) is 11.2. The molecule has 0 spiro atoms. The highest BCUT2D eigenvalue weighted by molar-refractivity contribution is 14.1. The summed E-state index contributed by atoms with van der Waals surface area (Å²) in [6, 6.07) is 0. The van der Waals surface area contributed by atoms with Crippen molar-refractivity contribution in [3.05, 3.63) is 0 Å². The zero-order chi connectivity index (χ0) is 32.1. The lowest BCUT2D eigenvalue weighted by atomic mass is 9.87. The molecule has 0 aromatic heterocycles. The number of hydrogen-bond donors (Lipinski definition) is 0. The van der Waals surface area contributed by atoms with Crippen molar-refractivity contribution >= 4 is 22.6 Å². The molecule has 0 aromatic carbocycles. The van der Waals surface area contributed by atoms with Gasteiger partial charge in [0.25, 0.3) is 0 Å². The van der Waals surface area contributed by atoms with E-state index < -0.39 is 58.0 Å². The fourth-order valence-electron chi connectivity index (χ4n) is 3.56. The molecule has 0 N–H and O–H groups in total. The summed E-state index contributed by atoms with van der Waals surface area (Å²) in [5.41, 5.74) is 0. The number of rotatable bonds is 19. The van der Waals surface area contributed by atoms with Crippen molar-refractivity contribution in [1.82, 2.24) is 0 Å². The van der Waals surface area contributed by atoms with Gasteiger partial charge >= 0.3 is 47.6 Å². The van der Waals surface area contributed by atoms with Crippen LogP contribution in [0.1, 0.15) is 84.0 Å². The molecule has 0 aliphatic heterocycles. The molecule has 0 amide bonds. The molecule has 0 rings (SSSR count). The van der Waals surface area contributed by atoms with E-state index in [1.54, 1.807) is 0 Å². The van der Waals surface area contributed by atoms with Crippen LogP contribution in [0.3, 0.4) is 0 Å². The predicted molar refractivity (Wildman–Crippen MR) is 120 cm³/mol. The van der Waals surface area contributed by atoms with E-state index in [1.807, 2.05) is 6.92 Å². The minimum atomic E-state index is -8.58. The van der Waals surface area contributed by atoms with Crippen molar-refractivity contribution in [2.75, 3.05) is 0 Å². The van der Waals surface area contributed by atoms with Gasteiger partial charge in [0.2, 0.25) is 0 Å². The summed E-state index contributed by atoms with van der Waals surface area (Å²) in [7, 11) is 0. The Morgan fingerprint density at radius 2 is 0.725 bits per heavy atom. The molecular weight excluding hydrogens is 714 g/mol. The van der Waals surface area contributed by atoms with Gasteiger partial charge in [0.1, 0.15) is 0 Å². The highest BCUT2D eigenvalue weighted by Gasteiger charge is 2.95. The summed E-state index contributed by atoms with van der Waals surface area (Å²) in [6.45, 7) is 2.03. The quantitative estimate of drug-likeness (QED) is 0.0535. The second kappa shape index (κ2) is 13.9. The molecule has 0 fully saturated rings. The van der Waals surface area contributed by atoms with Crippen LogP contribution < -0.4 is 0 Å². The van der Waals surface area contributed by atoms with Crippen molar-refractivity contribution in [1.29, 1.82) is 0 Å². The predicted octanol–water partition coefficient (Wildman–Crippen LogP) is 11.5. The summed E-state index contributed by atoms with van der Waals surface area (Å²) >= 11 is 1.05. The van der Waals surface area contributed by atoms with Gasteiger partial charge in [0, 0.05) is 10.3 Å². The number of halogens is 18. The van der Waals surface area contributed by atoms with E-state index in [0.717, 1.165) is 67.5 Å². The lowest BCUT2D eigenvalue weighted by molar-refractivity contribution is -0.461. The van der Waals surface area contributed by atoms with Crippen LogP contribution in [0, 0.1) is 0 Å². The third-order valence-electron chi connectivity index (χ3n) is 6.14. The maximum absolute atomic E-state index is 14.1. The molecule has 0 saturated heterocycles. The molecule has 242 valence electrons. The zero-order valence-corrected chi connectivity index (χ0v) is 23.0. The Labute approximate surface area is 232 Å². The molecule has 0 aliphatic carbocycles. The fourth-order valence-corrected chi connectivity index (χ4v) is 4.55. The summed E-state index contributed by atoms with van der Waals surface area (Å²) in [6.07, 6.45) is -2.73. The van der Waals surface area contributed by atoms with Gasteiger partial charge < -0.3 is 0 Å². The summed E-state index contributed by atoms with van der Waals surface area (Å²) in [4.78, 5) is 0. The first-order chi connectivity index (χ1) is 17.7. The maximum atomic E-state index is 14.1. The molecule has 0 saturated carbocycles. The molecule has 0 aliphatic rings. The van der Waals surface area contributed by atoms with E-state index in [1.165, 1.54) is 0 Å². The van der Waals surface area contributed by atoms with Crippen LogP contribution >= 0.6 is 22.6 Å². The van der Waals surface area contributed by atoms with Gasteiger partial charge in [-0.25, -0.2) is 0 Å². The van der Waals surface area contributed by atoms with Crippen LogP contribution in [-0.2, 0) is 0 Å². The third-order valence-corrected chi connectivity index (χ3v) is 7.20. The van der Waals surface area contributed by atoms with Crippen molar-refractivity contribution in [3.63, 3.8) is 0 Å². The van der Waals surface area contributed by atoms with Gasteiger partial charge in [-0.2, -0.15) is 74.6 Å². The van der Waals surface area contributed by atoms with E-state index in [4.69, 9.17) is 0 Å². The lowest BCUT2D eigenvalue weighted by Gasteiger charge is -2.43. The smallest absolute Gasteiger partial charge is 0.200 e. The molecule has 1 unspecified atom stereocenters. The average Bonchev–Trinajstić information content (AvgIpc) is 2.78. The largest absolute Gasteiger partial charge is 0.460 e. The average molecular weight is 742 g/mol. The first kappa shape index (κ1) is 39.5. The molecule has 1 atom stereocenters. The van der Waals surface area contributed by atoms with Crippen molar-refractivity contribution < 1.29 is 74.6 Å². The summed E-state index contributed by atoms with van der Waals surface area (Å²) in [5, 5.41) is 0. The molecular formula is C22H28F17I. The van der Waals surface area contributed by atoms with E-state index in [-0.39, 0.29) is 12.8 Å². The topological polar surface area (TPSA) is 0 Å². The Morgan fingerprint density at radius 1 is 0.425 bits per heavy atom. The molecule has 0 aromatic rings. The summed E-state index contributed by atoms with van der Waals surface area (Å²) in [5.74, 6) is -55.8. The molecule has 18 heteroatoms. The monoisotopic (exact) mass is 742 g/mol. The van der Waals surface area contributed by atoms with E-state index in [9.17, 15) is 74.6 Å². The second-order valence-electron chi connectivity index (χ2n) is 9.42. The van der Waals surface area contributed by atoms with Gasteiger partial charge in [-0.1, -0.05) is 93.7 Å². The first-order valence-electron chi connectivity index (χ1n) is 12.1. The summed E-state index contributed by atoms with van der Waals surface area (Å²) < 4.78 is 225. The Hall–Kier alpha value is -0.460. The normalized spacial score (nSPS) is 16.0. The van der Waals surface area contributed by atoms with Gasteiger partial charge in [-0.05, 0) is 6.42 Å². The number of alkyl halides is 18. The molecule has 0 nitrogen and oxygen atoms in total. The Morgan fingerprint density at radius 3 is 1.07 bits per heavy atom. The molecule has 0 bridgehead atoms. The Kier molecular flexibility index (Phi) is 13.7. The minimum Gasteiger partial charge on any atom is -0.200 e. The maximum Gasteiger partial charge on any atom is 0.460 e. The highest BCUT2D eigenvalue weighted by atomic mass is 127. The van der Waals surface area contributed by atoms with E-state index in [0.29, 0.717) is 12.8 Å². The van der Waals surface area contributed by atoms with E-state index in [2.05, 4.69) is 0 Å². The number of hydrogen-bond acceptors (Lipinski definition) is 0. The van der Waals surface area contributed by atoms with Crippen LogP contribution in [0.25, 0.3) is 0 Å². The van der Waals surface area contributed by atoms with E-state index >= 15 is 0 Å². The van der Waals surface area contributed by atoms with Crippen LogP contribution in [0.4, 0.5) is 74.6 Å². The van der Waals surface area contributed by atoms with Gasteiger partial charge in [-0.15, -0.1) is 0 Å². The third kappa shape index (κ3) is 7.92. The van der Waals surface area contributed by atoms with Crippen molar-refractivity contribution in [3.8, 4) is 0 Å². The van der Waals surface area contributed by atoms with Gasteiger partial charge in [0.15, 0.2) is 0 Å². The van der Waals surface area contributed by atoms with Crippen molar-refractivity contribution in [2.45, 2.75) is 136 Å². The molecule has 0 heterocycles. The Bertz CT molecular complexity index is 761. The minimum absolute atomic E-state index is 0.0778.